The molecule has 0 aliphatic rings. The number of rotatable bonds is 2. The first-order valence-electron chi connectivity index (χ1n) is 3.99. The van der Waals surface area contributed by atoms with Crippen molar-refractivity contribution in [3.8, 4) is 5.82 Å². The van der Waals surface area contributed by atoms with Crippen LogP contribution in [0.1, 0.15) is 10.4 Å². The summed E-state index contributed by atoms with van der Waals surface area (Å²) in [5, 5.41) is 4.16. The average Bonchev–Trinajstić information content (AvgIpc) is 2.66. The molecule has 0 saturated heterocycles. The Labute approximate surface area is 89.7 Å². The van der Waals surface area contributed by atoms with Crippen LogP contribution < -0.4 is 5.73 Å². The van der Waals surface area contributed by atoms with Crippen molar-refractivity contribution in [1.82, 2.24) is 19.7 Å². The van der Waals surface area contributed by atoms with Gasteiger partial charge in [0.2, 0.25) is 0 Å². The van der Waals surface area contributed by atoms with Crippen LogP contribution in [0.15, 0.2) is 24.8 Å². The van der Waals surface area contributed by atoms with Crippen LogP contribution in [0.4, 0.5) is 0 Å². The van der Waals surface area contributed by atoms with Crippen molar-refractivity contribution in [3.05, 3.63) is 35.5 Å². The number of nitrogens with zero attached hydrogens (tertiary/aromatic N) is 4. The number of hydrogen-bond donors (Lipinski definition) is 1. The first-order chi connectivity index (χ1) is 7.16. The largest absolute Gasteiger partial charge is 0.366 e. The maximum Gasteiger partial charge on any atom is 0.251 e. The lowest BCUT2D eigenvalue weighted by atomic mass is 10.3. The number of halogens is 1. The molecular weight excluding hydrogens is 218 g/mol. The Hall–Kier alpha value is -1.95. The van der Waals surface area contributed by atoms with Gasteiger partial charge in [0.05, 0.1) is 24.2 Å². The predicted octanol–water partition coefficient (Wildman–Crippen LogP) is 0.415. The number of amides is 1. The van der Waals surface area contributed by atoms with E-state index in [2.05, 4.69) is 15.1 Å². The second-order valence-corrected chi connectivity index (χ2v) is 3.13. The minimum absolute atomic E-state index is 0.253. The van der Waals surface area contributed by atoms with Crippen LogP contribution in [-0.2, 0) is 0 Å². The average molecular weight is 224 g/mol. The molecule has 7 heteroatoms. The minimum Gasteiger partial charge on any atom is -0.366 e. The zero-order chi connectivity index (χ0) is 10.8. The molecule has 1 amide bonds. The Balaban J connectivity index is 2.41. The minimum atomic E-state index is -0.545. The second kappa shape index (κ2) is 3.66. The van der Waals surface area contributed by atoms with Crippen LogP contribution in [0, 0.1) is 0 Å². The molecule has 0 aromatic carbocycles. The third-order valence-corrected chi connectivity index (χ3v) is 1.88. The molecule has 0 unspecified atom stereocenters. The standard InChI is InChI=1S/C8H6ClN5O/c9-6-2-11-3-7(13-6)14-4-5(1-12-14)8(10)15/h1-4H,(H2,10,15). The molecule has 0 spiro atoms. The van der Waals surface area contributed by atoms with Crippen molar-refractivity contribution in [2.75, 3.05) is 0 Å². The van der Waals surface area contributed by atoms with Gasteiger partial charge in [-0.05, 0) is 0 Å². The molecule has 6 nitrogen and oxygen atoms in total. The van der Waals surface area contributed by atoms with Crippen molar-refractivity contribution in [2.45, 2.75) is 0 Å². The van der Waals surface area contributed by atoms with Crippen molar-refractivity contribution < 1.29 is 4.79 Å². The molecule has 15 heavy (non-hydrogen) atoms. The van der Waals surface area contributed by atoms with E-state index < -0.39 is 5.91 Å². The number of aromatic nitrogens is 4. The van der Waals surface area contributed by atoms with Gasteiger partial charge in [-0.3, -0.25) is 9.78 Å². The van der Waals surface area contributed by atoms with E-state index in [9.17, 15) is 4.79 Å². The molecule has 0 aliphatic heterocycles. The van der Waals surface area contributed by atoms with E-state index in [-0.39, 0.29) is 5.15 Å². The van der Waals surface area contributed by atoms with Crippen LogP contribution in [0.5, 0.6) is 0 Å². The zero-order valence-corrected chi connectivity index (χ0v) is 8.22. The Morgan fingerprint density at radius 1 is 1.40 bits per heavy atom. The maximum atomic E-state index is 10.8. The Morgan fingerprint density at radius 3 is 2.80 bits per heavy atom. The van der Waals surface area contributed by atoms with E-state index in [0.717, 1.165) is 0 Å². The Kier molecular flexibility index (Phi) is 2.34. The molecule has 2 aromatic heterocycles. The van der Waals surface area contributed by atoms with E-state index >= 15 is 0 Å². The van der Waals surface area contributed by atoms with Gasteiger partial charge in [-0.1, -0.05) is 11.6 Å². The second-order valence-electron chi connectivity index (χ2n) is 2.74. The Bertz CT molecular complexity index is 509. The number of nitrogens with two attached hydrogens (primary N) is 1. The summed E-state index contributed by atoms with van der Waals surface area (Å²) in [6.45, 7) is 0. The van der Waals surface area contributed by atoms with Gasteiger partial charge in [0.25, 0.3) is 5.91 Å². The summed E-state index contributed by atoms with van der Waals surface area (Å²) >= 11 is 5.66. The van der Waals surface area contributed by atoms with E-state index in [1.807, 2.05) is 0 Å². The van der Waals surface area contributed by atoms with Crippen LogP contribution >= 0.6 is 11.6 Å². The SMILES string of the molecule is NC(=O)c1cnn(-c2cncc(Cl)n2)c1. The third kappa shape index (κ3) is 1.94. The molecule has 2 N–H and O–H groups in total. The van der Waals surface area contributed by atoms with Gasteiger partial charge in [0.1, 0.15) is 5.15 Å². The normalized spacial score (nSPS) is 10.2. The lowest BCUT2D eigenvalue weighted by Crippen LogP contribution is -2.09. The van der Waals surface area contributed by atoms with Crippen molar-refractivity contribution in [1.29, 1.82) is 0 Å². The highest BCUT2D eigenvalue weighted by atomic mass is 35.5. The van der Waals surface area contributed by atoms with Crippen molar-refractivity contribution in [3.63, 3.8) is 0 Å². The highest BCUT2D eigenvalue weighted by molar-refractivity contribution is 6.29. The molecule has 2 rings (SSSR count). The lowest BCUT2D eigenvalue weighted by Gasteiger charge is -1.98. The topological polar surface area (TPSA) is 86.7 Å². The van der Waals surface area contributed by atoms with E-state index in [4.69, 9.17) is 17.3 Å². The van der Waals surface area contributed by atoms with Crippen LogP contribution in [0.2, 0.25) is 5.15 Å². The fourth-order valence-corrected chi connectivity index (χ4v) is 1.16. The summed E-state index contributed by atoms with van der Waals surface area (Å²) in [6.07, 6.45) is 5.70. The van der Waals surface area contributed by atoms with Crippen LogP contribution in [-0.4, -0.2) is 25.7 Å². The molecule has 0 radical (unpaired) electrons. The first-order valence-corrected chi connectivity index (χ1v) is 4.37. The molecule has 76 valence electrons. The molecule has 0 saturated carbocycles. The van der Waals surface area contributed by atoms with Crippen molar-refractivity contribution >= 4 is 17.5 Å². The Morgan fingerprint density at radius 2 is 2.20 bits per heavy atom. The van der Waals surface area contributed by atoms with E-state index in [0.29, 0.717) is 11.4 Å². The number of carbonyl (C=O) groups is 1. The van der Waals surface area contributed by atoms with E-state index in [1.165, 1.54) is 29.5 Å². The summed E-state index contributed by atoms with van der Waals surface area (Å²) in [4.78, 5) is 18.6. The van der Waals surface area contributed by atoms with E-state index in [1.54, 1.807) is 0 Å². The summed E-state index contributed by atoms with van der Waals surface area (Å²) in [5.74, 6) is -0.119. The fraction of sp³-hybridized carbons (Fsp3) is 0. The number of primary amides is 1. The van der Waals surface area contributed by atoms with Crippen LogP contribution in [0.25, 0.3) is 5.82 Å². The number of carbonyl (C=O) groups excluding carboxylic acids is 1. The molecule has 2 aromatic rings. The summed E-state index contributed by atoms with van der Waals surface area (Å²) in [5.41, 5.74) is 5.38. The highest BCUT2D eigenvalue weighted by Crippen LogP contribution is 2.07. The zero-order valence-electron chi connectivity index (χ0n) is 7.46. The smallest absolute Gasteiger partial charge is 0.251 e. The van der Waals surface area contributed by atoms with Gasteiger partial charge < -0.3 is 5.73 Å². The first kappa shape index (κ1) is 9.60. The molecule has 0 bridgehead atoms. The van der Waals surface area contributed by atoms with Gasteiger partial charge >= 0.3 is 0 Å². The van der Waals surface area contributed by atoms with Gasteiger partial charge in [-0.25, -0.2) is 9.67 Å². The molecule has 2 heterocycles. The molecule has 0 aliphatic carbocycles. The van der Waals surface area contributed by atoms with Gasteiger partial charge in [-0.2, -0.15) is 5.10 Å². The van der Waals surface area contributed by atoms with Gasteiger partial charge in [0, 0.05) is 6.20 Å². The lowest BCUT2D eigenvalue weighted by molar-refractivity contribution is 0.100. The third-order valence-electron chi connectivity index (χ3n) is 1.69. The highest BCUT2D eigenvalue weighted by Gasteiger charge is 2.06. The summed E-state index contributed by atoms with van der Waals surface area (Å²) in [6, 6.07) is 0. The molecule has 0 fully saturated rings. The van der Waals surface area contributed by atoms with Gasteiger partial charge in [0.15, 0.2) is 5.82 Å². The quantitative estimate of drug-likeness (QED) is 0.799. The monoisotopic (exact) mass is 223 g/mol. The van der Waals surface area contributed by atoms with Crippen molar-refractivity contribution in [2.24, 2.45) is 5.73 Å². The van der Waals surface area contributed by atoms with Crippen LogP contribution in [0.3, 0.4) is 0 Å². The summed E-state index contributed by atoms with van der Waals surface area (Å²) < 4.78 is 1.37. The fourth-order valence-electron chi connectivity index (χ4n) is 1.02. The summed E-state index contributed by atoms with van der Waals surface area (Å²) in [7, 11) is 0. The predicted molar refractivity (Wildman–Crippen MR) is 52.7 cm³/mol. The molecular formula is C8H6ClN5O. The maximum absolute atomic E-state index is 10.8. The number of hydrogen-bond acceptors (Lipinski definition) is 4. The van der Waals surface area contributed by atoms with Gasteiger partial charge in [-0.15, -0.1) is 0 Å². The molecule has 0 atom stereocenters.